The van der Waals surface area contributed by atoms with Crippen LogP contribution in [0.1, 0.15) is 88.8 Å². The smallest absolute Gasteiger partial charge is 0.220 e. The molecule has 0 atom stereocenters. The van der Waals surface area contributed by atoms with Gasteiger partial charge in [-0.05, 0) is 69.9 Å². The quantitative estimate of drug-likeness (QED) is 0.0734. The molecule has 0 saturated heterocycles. The first-order valence-electron chi connectivity index (χ1n) is 15.0. The van der Waals surface area contributed by atoms with Crippen LogP contribution in [0.4, 0.5) is 0 Å². The van der Waals surface area contributed by atoms with Gasteiger partial charge in [0.1, 0.15) is 5.78 Å². The van der Waals surface area contributed by atoms with Gasteiger partial charge in [-0.3, -0.25) is 14.6 Å². The summed E-state index contributed by atoms with van der Waals surface area (Å²) in [6, 6.07) is 3.98. The standard InChI is InChI=1S/C35H50N2O2S2/c1-3-4-5-6-7-8-9-10-11-12-13-14-15-16-17-18-19-25-35(39)36-28-30-41-40-29-21-24-34(38)23-20-22-33-27-26-32(2)37-31-33/h4-5,7-8,10-11,13-14,16-17,20,22,26-27,31H,3,6,9,12,15,18-19,21,23-25,28-30H2,1-2H3,(H,36,39)/b5-4-,8-7-,11-10-,14-13-,17-16-,22-20+. The highest BCUT2D eigenvalue weighted by atomic mass is 33.1. The van der Waals surface area contributed by atoms with E-state index in [2.05, 4.69) is 78.0 Å². The minimum absolute atomic E-state index is 0.128. The molecule has 0 radical (unpaired) electrons. The first kappa shape index (κ1) is 36.5. The second kappa shape index (κ2) is 27.6. The molecule has 0 aliphatic heterocycles. The molecule has 1 aromatic heterocycles. The number of nitrogens with one attached hydrogen (secondary N) is 1. The van der Waals surface area contributed by atoms with Crippen molar-refractivity contribution in [3.8, 4) is 0 Å². The Bertz CT molecular complexity index is 992. The highest BCUT2D eigenvalue weighted by Gasteiger charge is 2.02. The van der Waals surface area contributed by atoms with Gasteiger partial charge < -0.3 is 5.32 Å². The third-order valence-electron chi connectivity index (χ3n) is 5.80. The normalized spacial score (nSPS) is 12.3. The molecule has 6 heteroatoms. The number of nitrogens with zero attached hydrogens (tertiary/aromatic N) is 1. The van der Waals surface area contributed by atoms with Crippen LogP contribution in [0.25, 0.3) is 6.08 Å². The number of carbonyl (C=O) groups excluding carboxylic acids is 2. The molecule has 4 nitrogen and oxygen atoms in total. The summed E-state index contributed by atoms with van der Waals surface area (Å²) < 4.78 is 0. The maximum Gasteiger partial charge on any atom is 0.220 e. The number of unbranched alkanes of at least 4 members (excludes halogenated alkanes) is 1. The van der Waals surface area contributed by atoms with E-state index in [4.69, 9.17) is 0 Å². The van der Waals surface area contributed by atoms with Crippen LogP contribution in [0.3, 0.4) is 0 Å². The molecule has 1 N–H and O–H groups in total. The number of carbonyl (C=O) groups is 2. The van der Waals surface area contributed by atoms with Gasteiger partial charge in [0.15, 0.2) is 0 Å². The highest BCUT2D eigenvalue weighted by Crippen LogP contribution is 2.22. The second-order valence-electron chi connectivity index (χ2n) is 9.58. The number of aromatic nitrogens is 1. The van der Waals surface area contributed by atoms with Gasteiger partial charge in [0.2, 0.25) is 5.91 Å². The van der Waals surface area contributed by atoms with Crippen molar-refractivity contribution in [2.45, 2.75) is 84.5 Å². The van der Waals surface area contributed by atoms with E-state index in [-0.39, 0.29) is 11.7 Å². The molecular weight excluding hydrogens is 545 g/mol. The second-order valence-corrected chi connectivity index (χ2v) is 12.3. The van der Waals surface area contributed by atoms with Crippen molar-refractivity contribution in [1.29, 1.82) is 0 Å². The van der Waals surface area contributed by atoms with Crippen molar-refractivity contribution in [3.05, 3.63) is 96.4 Å². The molecule has 0 fully saturated rings. The summed E-state index contributed by atoms with van der Waals surface area (Å²) in [7, 11) is 3.53. The lowest BCUT2D eigenvalue weighted by atomic mass is 10.1. The molecule has 1 heterocycles. The SMILES string of the molecule is CC/C=C\C/C=C\C/C=C\C/C=C\C/C=C\CCCC(=O)NCCSSCCCC(=O)C/C=C/c1ccc(C)nc1. The molecule has 0 spiro atoms. The van der Waals surface area contributed by atoms with E-state index in [0.717, 1.165) is 74.1 Å². The molecule has 0 unspecified atom stereocenters. The van der Waals surface area contributed by atoms with E-state index in [1.54, 1.807) is 21.6 Å². The van der Waals surface area contributed by atoms with E-state index >= 15 is 0 Å². The Kier molecular flexibility index (Phi) is 24.5. The van der Waals surface area contributed by atoms with E-state index in [1.807, 2.05) is 37.4 Å². The van der Waals surface area contributed by atoms with Crippen LogP contribution in [0.15, 0.2) is 85.2 Å². The zero-order valence-corrected chi connectivity index (χ0v) is 26.8. The van der Waals surface area contributed by atoms with E-state index < -0.39 is 0 Å². The summed E-state index contributed by atoms with van der Waals surface area (Å²) in [4.78, 5) is 28.3. The van der Waals surface area contributed by atoms with Crippen LogP contribution in [-0.2, 0) is 9.59 Å². The third-order valence-corrected chi connectivity index (χ3v) is 8.29. The summed E-state index contributed by atoms with van der Waals surface area (Å²) in [6.07, 6.45) is 37.0. The minimum atomic E-state index is 0.128. The maximum atomic E-state index is 12.0. The summed E-state index contributed by atoms with van der Waals surface area (Å²) in [5, 5.41) is 3.00. The van der Waals surface area contributed by atoms with Gasteiger partial charge in [-0.1, -0.05) is 107 Å². The van der Waals surface area contributed by atoms with Crippen molar-refractivity contribution in [2.75, 3.05) is 18.1 Å². The summed E-state index contributed by atoms with van der Waals surface area (Å²) >= 11 is 0. The molecule has 1 aromatic rings. The number of pyridine rings is 1. The number of hydrogen-bond acceptors (Lipinski definition) is 5. The van der Waals surface area contributed by atoms with E-state index in [9.17, 15) is 9.59 Å². The van der Waals surface area contributed by atoms with Gasteiger partial charge in [0.05, 0.1) is 0 Å². The Morgan fingerprint density at radius 1 is 0.780 bits per heavy atom. The molecule has 0 bridgehead atoms. The predicted molar refractivity (Wildman–Crippen MR) is 183 cm³/mol. The van der Waals surface area contributed by atoms with Gasteiger partial charge in [-0.2, -0.15) is 0 Å². The average Bonchev–Trinajstić information content (AvgIpc) is 2.97. The van der Waals surface area contributed by atoms with Crippen LogP contribution in [0, 0.1) is 6.92 Å². The predicted octanol–water partition coefficient (Wildman–Crippen LogP) is 9.56. The molecular formula is C35H50N2O2S2. The van der Waals surface area contributed by atoms with Crippen molar-refractivity contribution in [1.82, 2.24) is 10.3 Å². The lowest BCUT2D eigenvalue weighted by Crippen LogP contribution is -2.25. The third kappa shape index (κ3) is 24.9. The number of Topliss-reactive ketones (excluding diaryl/α,β-unsaturated/α-hetero) is 1. The number of allylic oxidation sites excluding steroid dienone is 11. The van der Waals surface area contributed by atoms with Crippen LogP contribution < -0.4 is 5.32 Å². The van der Waals surface area contributed by atoms with Gasteiger partial charge in [0.25, 0.3) is 0 Å². The van der Waals surface area contributed by atoms with Crippen molar-refractivity contribution >= 4 is 39.4 Å². The van der Waals surface area contributed by atoms with Crippen LogP contribution >= 0.6 is 21.6 Å². The monoisotopic (exact) mass is 594 g/mol. The summed E-state index contributed by atoms with van der Waals surface area (Å²) in [6.45, 7) is 4.80. The first-order valence-corrected chi connectivity index (χ1v) is 17.5. The topological polar surface area (TPSA) is 59.1 Å². The number of ketones is 1. The Morgan fingerprint density at radius 2 is 1.41 bits per heavy atom. The molecule has 41 heavy (non-hydrogen) atoms. The fraction of sp³-hybridized carbons (Fsp3) is 0.457. The van der Waals surface area contributed by atoms with Gasteiger partial charge in [-0.25, -0.2) is 0 Å². The Hall–Kier alpha value is -2.57. The number of hydrogen-bond donors (Lipinski definition) is 1. The molecule has 0 aliphatic rings. The zero-order valence-electron chi connectivity index (χ0n) is 25.1. The van der Waals surface area contributed by atoms with Crippen LogP contribution in [0.2, 0.25) is 0 Å². The van der Waals surface area contributed by atoms with E-state index in [1.165, 1.54) is 0 Å². The summed E-state index contributed by atoms with van der Waals surface area (Å²) in [5.41, 5.74) is 2.01. The lowest BCUT2D eigenvalue weighted by Gasteiger charge is -2.04. The molecule has 1 amide bonds. The molecule has 0 saturated carbocycles. The molecule has 224 valence electrons. The summed E-state index contributed by atoms with van der Waals surface area (Å²) in [5.74, 6) is 2.22. The average molecular weight is 595 g/mol. The van der Waals surface area contributed by atoms with Gasteiger partial charge in [-0.15, -0.1) is 0 Å². The largest absolute Gasteiger partial charge is 0.355 e. The Morgan fingerprint density at radius 3 is 2.05 bits per heavy atom. The minimum Gasteiger partial charge on any atom is -0.355 e. The lowest BCUT2D eigenvalue weighted by molar-refractivity contribution is -0.121. The first-order chi connectivity index (χ1) is 20.1. The Balaban J connectivity index is 1.89. The number of amides is 1. The number of rotatable bonds is 24. The van der Waals surface area contributed by atoms with Crippen molar-refractivity contribution in [3.63, 3.8) is 0 Å². The van der Waals surface area contributed by atoms with Crippen molar-refractivity contribution in [2.24, 2.45) is 0 Å². The zero-order chi connectivity index (χ0) is 29.6. The fourth-order valence-electron chi connectivity index (χ4n) is 3.52. The highest BCUT2D eigenvalue weighted by molar-refractivity contribution is 8.76. The molecule has 1 rings (SSSR count). The maximum absolute atomic E-state index is 12.0. The van der Waals surface area contributed by atoms with Crippen LogP contribution in [0.5, 0.6) is 0 Å². The van der Waals surface area contributed by atoms with Gasteiger partial charge in [0, 0.05) is 49.2 Å². The molecule has 0 aromatic carbocycles. The number of aryl methyl sites for hydroxylation is 1. The van der Waals surface area contributed by atoms with Gasteiger partial charge >= 0.3 is 0 Å². The van der Waals surface area contributed by atoms with E-state index in [0.29, 0.717) is 25.8 Å². The van der Waals surface area contributed by atoms with Crippen molar-refractivity contribution < 1.29 is 9.59 Å². The molecule has 0 aliphatic carbocycles. The fourth-order valence-corrected chi connectivity index (χ4v) is 5.52. The van der Waals surface area contributed by atoms with Crippen LogP contribution in [-0.4, -0.2) is 34.7 Å². The Labute approximate surface area is 257 Å².